The van der Waals surface area contributed by atoms with Gasteiger partial charge in [-0.3, -0.25) is 9.59 Å². The molecular weight excluding hydrogens is 295 g/mol. The van der Waals surface area contributed by atoms with Crippen LogP contribution in [-0.2, 0) is 4.79 Å². The maximum atomic E-state index is 12.8. The van der Waals surface area contributed by atoms with Gasteiger partial charge in [-0.25, -0.2) is 0 Å². The van der Waals surface area contributed by atoms with Crippen molar-refractivity contribution in [2.45, 2.75) is 19.0 Å². The molecule has 0 spiro atoms. The highest BCUT2D eigenvalue weighted by molar-refractivity contribution is 7.20. The lowest BCUT2D eigenvalue weighted by molar-refractivity contribution is -0.189. The number of hydrogen-bond donors (Lipinski definition) is 3. The van der Waals surface area contributed by atoms with E-state index in [0.717, 1.165) is 11.3 Å². The van der Waals surface area contributed by atoms with Gasteiger partial charge in [0, 0.05) is 7.05 Å². The fraction of sp³-hybridized carbons (Fsp3) is 0.455. The van der Waals surface area contributed by atoms with Crippen LogP contribution in [0.3, 0.4) is 0 Å². The molecule has 1 aromatic heterocycles. The lowest BCUT2D eigenvalue weighted by Crippen LogP contribution is -2.36. The van der Waals surface area contributed by atoms with Gasteiger partial charge in [-0.1, -0.05) is 0 Å². The summed E-state index contributed by atoms with van der Waals surface area (Å²) in [4.78, 5) is 22.9. The highest BCUT2D eigenvalue weighted by Gasteiger charge is 2.68. The van der Waals surface area contributed by atoms with E-state index in [1.807, 2.05) is 0 Å². The van der Waals surface area contributed by atoms with Gasteiger partial charge in [-0.15, -0.1) is 11.3 Å². The van der Waals surface area contributed by atoms with E-state index in [1.165, 1.54) is 6.07 Å². The minimum Gasteiger partial charge on any atom is -0.379 e. The summed E-state index contributed by atoms with van der Waals surface area (Å²) in [5.74, 6) is -1.81. The van der Waals surface area contributed by atoms with Gasteiger partial charge in [-0.2, -0.15) is 13.2 Å². The Morgan fingerprint density at radius 1 is 1.40 bits per heavy atom. The quantitative estimate of drug-likeness (QED) is 0.797. The Balaban J connectivity index is 2.19. The first-order valence-electron chi connectivity index (χ1n) is 5.71. The Kier molecular flexibility index (Phi) is 3.41. The fourth-order valence-electron chi connectivity index (χ4n) is 1.82. The molecule has 5 nitrogen and oxygen atoms in total. The lowest BCUT2D eigenvalue weighted by atomic mass is 10.1. The van der Waals surface area contributed by atoms with Crippen molar-refractivity contribution < 1.29 is 22.8 Å². The van der Waals surface area contributed by atoms with Crippen molar-refractivity contribution in [3.63, 3.8) is 0 Å². The second kappa shape index (κ2) is 4.65. The molecule has 1 heterocycles. The third-order valence-electron chi connectivity index (χ3n) is 3.19. The number of carbonyl (C=O) groups excluding carboxylic acids is 2. The van der Waals surface area contributed by atoms with Gasteiger partial charge < -0.3 is 16.4 Å². The lowest BCUT2D eigenvalue weighted by Gasteiger charge is -2.17. The predicted molar refractivity (Wildman–Crippen MR) is 68.7 cm³/mol. The van der Waals surface area contributed by atoms with Gasteiger partial charge in [0.1, 0.15) is 10.4 Å². The average Bonchev–Trinajstić information content (AvgIpc) is 3.06. The third-order valence-corrected chi connectivity index (χ3v) is 4.26. The number of halogens is 3. The maximum absolute atomic E-state index is 12.8. The van der Waals surface area contributed by atoms with Gasteiger partial charge in [0.05, 0.1) is 10.6 Å². The van der Waals surface area contributed by atoms with E-state index in [9.17, 15) is 22.8 Å². The largest absolute Gasteiger partial charge is 0.403 e. The van der Waals surface area contributed by atoms with E-state index in [4.69, 9.17) is 5.73 Å². The molecule has 1 aliphatic carbocycles. The minimum absolute atomic E-state index is 0.129. The molecular formula is C11H12F3N3O2S. The van der Waals surface area contributed by atoms with Gasteiger partial charge in [0.2, 0.25) is 5.91 Å². The Bertz CT molecular complexity index is 564. The summed E-state index contributed by atoms with van der Waals surface area (Å²) < 4.78 is 38.4. The summed E-state index contributed by atoms with van der Waals surface area (Å²) >= 11 is 0.959. The molecule has 0 unspecified atom stereocenters. The first-order chi connectivity index (χ1) is 9.21. The number of rotatable bonds is 4. The highest BCUT2D eigenvalue weighted by atomic mass is 32.1. The van der Waals surface area contributed by atoms with Crippen LogP contribution in [0.25, 0.3) is 0 Å². The molecule has 1 aliphatic rings. The van der Waals surface area contributed by atoms with E-state index >= 15 is 0 Å². The second-order valence-corrected chi connectivity index (χ2v) is 5.55. The van der Waals surface area contributed by atoms with E-state index in [0.29, 0.717) is 5.00 Å². The molecule has 1 saturated carbocycles. The molecule has 2 amide bonds. The topological polar surface area (TPSA) is 84.2 Å². The number of hydrogen-bond acceptors (Lipinski definition) is 4. The van der Waals surface area contributed by atoms with Gasteiger partial charge in [0.15, 0.2) is 0 Å². The van der Waals surface area contributed by atoms with Gasteiger partial charge in [0.25, 0.3) is 5.91 Å². The van der Waals surface area contributed by atoms with Crippen LogP contribution in [0, 0.1) is 5.41 Å². The summed E-state index contributed by atoms with van der Waals surface area (Å²) in [6, 6.07) is 1.27. The summed E-state index contributed by atoms with van der Waals surface area (Å²) in [7, 11) is 1.54. The average molecular weight is 307 g/mol. The summed E-state index contributed by atoms with van der Waals surface area (Å²) in [5.41, 5.74) is 2.98. The van der Waals surface area contributed by atoms with Crippen LogP contribution in [0.4, 0.5) is 23.2 Å². The first-order valence-corrected chi connectivity index (χ1v) is 6.52. The number of carbonyl (C=O) groups is 2. The SMILES string of the molecule is CNc1sc(NC(=O)C2(C(F)(F)F)CC2)cc1C(N)=O. The molecule has 0 aromatic carbocycles. The van der Waals surface area contributed by atoms with Crippen molar-refractivity contribution in [1.82, 2.24) is 0 Å². The van der Waals surface area contributed by atoms with Crippen molar-refractivity contribution in [3.05, 3.63) is 11.6 Å². The zero-order chi connectivity index (χ0) is 15.1. The zero-order valence-electron chi connectivity index (χ0n) is 10.4. The van der Waals surface area contributed by atoms with E-state index in [-0.39, 0.29) is 23.4 Å². The van der Waals surface area contributed by atoms with Crippen LogP contribution in [-0.4, -0.2) is 25.0 Å². The first kappa shape index (κ1) is 14.6. The monoisotopic (exact) mass is 307 g/mol. The minimum atomic E-state index is -4.56. The normalized spacial score (nSPS) is 16.6. The Hall–Kier alpha value is -1.77. The number of primary amides is 1. The van der Waals surface area contributed by atoms with Crippen LogP contribution in [0.15, 0.2) is 6.07 Å². The van der Waals surface area contributed by atoms with Crippen LogP contribution in [0.1, 0.15) is 23.2 Å². The molecule has 1 fully saturated rings. The standard InChI is InChI=1S/C11H12F3N3O2S/c1-16-8-5(7(15)18)4-6(20-8)17-9(19)10(2-3-10)11(12,13)14/h4,16H,2-3H2,1H3,(H2,15,18)(H,17,19). The molecule has 0 radical (unpaired) electrons. The fourth-order valence-corrected chi connectivity index (χ4v) is 2.73. The van der Waals surface area contributed by atoms with Crippen molar-refractivity contribution in [3.8, 4) is 0 Å². The van der Waals surface area contributed by atoms with Crippen molar-refractivity contribution in [1.29, 1.82) is 0 Å². The maximum Gasteiger partial charge on any atom is 0.403 e. The van der Waals surface area contributed by atoms with Gasteiger partial charge in [-0.05, 0) is 18.9 Å². The Morgan fingerprint density at radius 3 is 2.35 bits per heavy atom. The van der Waals surface area contributed by atoms with Crippen LogP contribution >= 0.6 is 11.3 Å². The molecule has 0 aliphatic heterocycles. The van der Waals surface area contributed by atoms with E-state index in [1.54, 1.807) is 7.05 Å². The van der Waals surface area contributed by atoms with Gasteiger partial charge >= 0.3 is 6.18 Å². The predicted octanol–water partition coefficient (Wildman–Crippen LogP) is 2.17. The number of alkyl halides is 3. The number of anilines is 2. The van der Waals surface area contributed by atoms with E-state index in [2.05, 4.69) is 10.6 Å². The Morgan fingerprint density at radius 2 is 2.00 bits per heavy atom. The smallest absolute Gasteiger partial charge is 0.379 e. The summed E-state index contributed by atoms with van der Waals surface area (Å²) in [6.07, 6.45) is -4.99. The Labute approximate surface area is 116 Å². The number of amides is 2. The van der Waals surface area contributed by atoms with Crippen LogP contribution in [0.2, 0.25) is 0 Å². The third kappa shape index (κ3) is 2.33. The number of thiophene rings is 1. The van der Waals surface area contributed by atoms with Crippen LogP contribution < -0.4 is 16.4 Å². The van der Waals surface area contributed by atoms with Crippen molar-refractivity contribution >= 4 is 33.2 Å². The molecule has 1 aromatic rings. The van der Waals surface area contributed by atoms with E-state index < -0.39 is 23.4 Å². The molecule has 9 heteroatoms. The number of nitrogens with two attached hydrogens (primary N) is 1. The summed E-state index contributed by atoms with van der Waals surface area (Å²) in [5, 5.41) is 5.46. The summed E-state index contributed by atoms with van der Waals surface area (Å²) in [6.45, 7) is 0. The van der Waals surface area contributed by atoms with Crippen molar-refractivity contribution in [2.75, 3.05) is 17.7 Å². The molecule has 2 rings (SSSR count). The second-order valence-electron chi connectivity index (χ2n) is 4.50. The van der Waals surface area contributed by atoms with Crippen molar-refractivity contribution in [2.24, 2.45) is 11.1 Å². The molecule has 4 N–H and O–H groups in total. The van der Waals surface area contributed by atoms with Crippen LogP contribution in [0.5, 0.6) is 0 Å². The number of nitrogens with one attached hydrogen (secondary N) is 2. The zero-order valence-corrected chi connectivity index (χ0v) is 11.2. The molecule has 0 bridgehead atoms. The molecule has 0 atom stereocenters. The molecule has 20 heavy (non-hydrogen) atoms. The molecule has 110 valence electrons. The molecule has 0 saturated heterocycles. The highest BCUT2D eigenvalue weighted by Crippen LogP contribution is 2.58.